The van der Waals surface area contributed by atoms with E-state index in [0.717, 1.165) is 18.2 Å². The molecule has 0 atom stereocenters. The Balaban J connectivity index is 1.95. The van der Waals surface area contributed by atoms with Gasteiger partial charge in [0.15, 0.2) is 0 Å². The first-order valence-corrected chi connectivity index (χ1v) is 7.88. The van der Waals surface area contributed by atoms with Gasteiger partial charge in [-0.25, -0.2) is 0 Å². The minimum Gasteiger partial charge on any atom is -0.321 e. The molecule has 25 heavy (non-hydrogen) atoms. The predicted molar refractivity (Wildman–Crippen MR) is 93.4 cm³/mol. The van der Waals surface area contributed by atoms with Crippen LogP contribution in [0.3, 0.4) is 0 Å². The molecular formula is C18H10Cl2F3NO. The van der Waals surface area contributed by atoms with E-state index in [-0.39, 0.29) is 10.7 Å². The van der Waals surface area contributed by atoms with Gasteiger partial charge in [-0.05, 0) is 35.7 Å². The number of benzene rings is 3. The maximum absolute atomic E-state index is 12.7. The number of carbonyl (C=O) groups excluding carboxylic acids is 1. The van der Waals surface area contributed by atoms with Crippen LogP contribution in [0, 0.1) is 0 Å². The van der Waals surface area contributed by atoms with E-state index in [2.05, 4.69) is 5.32 Å². The molecule has 0 aliphatic rings. The SMILES string of the molecule is O=C(Nc1ccc(C(F)(F)F)cc1Cl)c1cccc2c(Cl)cccc12. The predicted octanol–water partition coefficient (Wildman–Crippen LogP) is 6.42. The van der Waals surface area contributed by atoms with E-state index in [1.807, 2.05) is 0 Å². The summed E-state index contributed by atoms with van der Waals surface area (Å²) in [5, 5.41) is 4.18. The van der Waals surface area contributed by atoms with Crippen molar-refractivity contribution < 1.29 is 18.0 Å². The smallest absolute Gasteiger partial charge is 0.321 e. The monoisotopic (exact) mass is 383 g/mol. The lowest BCUT2D eigenvalue weighted by atomic mass is 10.0. The van der Waals surface area contributed by atoms with Crippen LogP contribution in [0.1, 0.15) is 15.9 Å². The van der Waals surface area contributed by atoms with Crippen LogP contribution < -0.4 is 5.32 Å². The molecular weight excluding hydrogens is 374 g/mol. The van der Waals surface area contributed by atoms with Crippen molar-refractivity contribution in [3.63, 3.8) is 0 Å². The molecule has 7 heteroatoms. The fourth-order valence-electron chi connectivity index (χ4n) is 2.45. The van der Waals surface area contributed by atoms with Gasteiger partial charge in [0.05, 0.1) is 16.3 Å². The van der Waals surface area contributed by atoms with Crippen molar-refractivity contribution in [3.05, 3.63) is 75.8 Å². The van der Waals surface area contributed by atoms with Gasteiger partial charge in [-0.2, -0.15) is 13.2 Å². The lowest BCUT2D eigenvalue weighted by molar-refractivity contribution is -0.137. The van der Waals surface area contributed by atoms with Crippen molar-refractivity contribution in [1.29, 1.82) is 0 Å². The normalized spacial score (nSPS) is 11.6. The quantitative estimate of drug-likeness (QED) is 0.543. The number of amides is 1. The molecule has 0 bridgehead atoms. The Bertz CT molecular complexity index is 970. The van der Waals surface area contributed by atoms with Crippen LogP contribution in [0.15, 0.2) is 54.6 Å². The van der Waals surface area contributed by atoms with Crippen LogP contribution in [0.25, 0.3) is 10.8 Å². The summed E-state index contributed by atoms with van der Waals surface area (Å²) in [5.41, 5.74) is -0.442. The highest BCUT2D eigenvalue weighted by Crippen LogP contribution is 2.34. The van der Waals surface area contributed by atoms with Crippen molar-refractivity contribution in [3.8, 4) is 0 Å². The minimum absolute atomic E-state index is 0.0960. The Kier molecular flexibility index (Phi) is 4.62. The zero-order chi connectivity index (χ0) is 18.2. The first-order valence-electron chi connectivity index (χ1n) is 7.13. The fourth-order valence-corrected chi connectivity index (χ4v) is 2.92. The van der Waals surface area contributed by atoms with Gasteiger partial charge >= 0.3 is 6.18 Å². The zero-order valence-electron chi connectivity index (χ0n) is 12.5. The summed E-state index contributed by atoms with van der Waals surface area (Å²) in [6.07, 6.45) is -4.50. The molecule has 0 heterocycles. The van der Waals surface area contributed by atoms with Crippen LogP contribution in [-0.4, -0.2) is 5.91 Å². The first kappa shape index (κ1) is 17.6. The summed E-state index contributed by atoms with van der Waals surface area (Å²) in [4.78, 5) is 12.5. The molecule has 0 spiro atoms. The number of rotatable bonds is 2. The Morgan fingerprint density at radius 3 is 2.24 bits per heavy atom. The molecule has 0 aliphatic carbocycles. The first-order chi connectivity index (χ1) is 11.8. The average Bonchev–Trinajstić information content (AvgIpc) is 2.55. The van der Waals surface area contributed by atoms with Crippen molar-refractivity contribution in [2.75, 3.05) is 5.32 Å². The van der Waals surface area contributed by atoms with Crippen LogP contribution >= 0.6 is 23.2 Å². The van der Waals surface area contributed by atoms with Crippen LogP contribution in [0.4, 0.5) is 18.9 Å². The molecule has 128 valence electrons. The fraction of sp³-hybridized carbons (Fsp3) is 0.0556. The van der Waals surface area contributed by atoms with Crippen LogP contribution in [-0.2, 0) is 6.18 Å². The molecule has 0 aliphatic heterocycles. The van der Waals surface area contributed by atoms with E-state index in [0.29, 0.717) is 21.4 Å². The van der Waals surface area contributed by atoms with E-state index in [4.69, 9.17) is 23.2 Å². The summed E-state index contributed by atoms with van der Waals surface area (Å²) >= 11 is 12.0. The Labute approximate surface area is 151 Å². The van der Waals surface area contributed by atoms with E-state index in [9.17, 15) is 18.0 Å². The second-order valence-electron chi connectivity index (χ2n) is 5.29. The van der Waals surface area contributed by atoms with Gasteiger partial charge in [-0.15, -0.1) is 0 Å². The maximum atomic E-state index is 12.7. The van der Waals surface area contributed by atoms with E-state index in [1.165, 1.54) is 0 Å². The number of fused-ring (bicyclic) bond motifs is 1. The lowest BCUT2D eigenvalue weighted by Crippen LogP contribution is -2.13. The molecule has 1 amide bonds. The highest BCUT2D eigenvalue weighted by atomic mass is 35.5. The molecule has 3 aromatic rings. The third kappa shape index (κ3) is 3.57. The van der Waals surface area contributed by atoms with E-state index in [1.54, 1.807) is 36.4 Å². The Morgan fingerprint density at radius 1 is 0.880 bits per heavy atom. The number of nitrogens with one attached hydrogen (secondary N) is 1. The summed E-state index contributed by atoms with van der Waals surface area (Å²) in [6, 6.07) is 13.0. The molecule has 3 rings (SSSR count). The molecule has 0 radical (unpaired) electrons. The number of hydrogen-bond acceptors (Lipinski definition) is 1. The van der Waals surface area contributed by atoms with Crippen LogP contribution in [0.5, 0.6) is 0 Å². The molecule has 0 unspecified atom stereocenters. The lowest BCUT2D eigenvalue weighted by Gasteiger charge is -2.12. The molecule has 0 aromatic heterocycles. The number of hydrogen-bond donors (Lipinski definition) is 1. The van der Waals surface area contributed by atoms with Crippen molar-refractivity contribution >= 4 is 45.6 Å². The highest BCUT2D eigenvalue weighted by molar-refractivity contribution is 6.36. The Morgan fingerprint density at radius 2 is 1.56 bits per heavy atom. The van der Waals surface area contributed by atoms with Crippen molar-refractivity contribution in [1.82, 2.24) is 0 Å². The molecule has 0 fully saturated rings. The largest absolute Gasteiger partial charge is 0.416 e. The van der Waals surface area contributed by atoms with Gasteiger partial charge in [0, 0.05) is 16.0 Å². The highest BCUT2D eigenvalue weighted by Gasteiger charge is 2.31. The summed E-state index contributed by atoms with van der Waals surface area (Å²) in [5.74, 6) is -0.491. The van der Waals surface area contributed by atoms with Crippen LogP contribution in [0.2, 0.25) is 10.0 Å². The molecule has 0 saturated heterocycles. The van der Waals surface area contributed by atoms with Crippen molar-refractivity contribution in [2.24, 2.45) is 0 Å². The molecule has 0 saturated carbocycles. The summed E-state index contributed by atoms with van der Waals surface area (Å²) in [6.45, 7) is 0. The Hall–Kier alpha value is -2.24. The number of alkyl halides is 3. The van der Waals surface area contributed by atoms with Gasteiger partial charge < -0.3 is 5.32 Å². The van der Waals surface area contributed by atoms with Gasteiger partial charge in [-0.3, -0.25) is 4.79 Å². The van der Waals surface area contributed by atoms with Crippen molar-refractivity contribution in [2.45, 2.75) is 6.18 Å². The number of carbonyl (C=O) groups is 1. The van der Waals surface area contributed by atoms with Gasteiger partial charge in [0.1, 0.15) is 0 Å². The van der Waals surface area contributed by atoms with E-state index < -0.39 is 17.6 Å². The molecule has 3 aromatic carbocycles. The molecule has 1 N–H and O–H groups in total. The third-order valence-electron chi connectivity index (χ3n) is 3.66. The standard InChI is InChI=1S/C18H10Cl2F3NO/c19-14-6-2-3-11-12(14)4-1-5-13(11)17(25)24-16-8-7-10(9-15(16)20)18(21,22)23/h1-9H,(H,24,25). The summed E-state index contributed by atoms with van der Waals surface area (Å²) in [7, 11) is 0. The second kappa shape index (κ2) is 6.58. The van der Waals surface area contributed by atoms with Gasteiger partial charge in [0.2, 0.25) is 0 Å². The second-order valence-corrected chi connectivity index (χ2v) is 6.10. The number of anilines is 1. The third-order valence-corrected chi connectivity index (χ3v) is 4.30. The average molecular weight is 384 g/mol. The van der Waals surface area contributed by atoms with E-state index >= 15 is 0 Å². The zero-order valence-corrected chi connectivity index (χ0v) is 14.0. The minimum atomic E-state index is -4.50. The topological polar surface area (TPSA) is 29.1 Å². The van der Waals surface area contributed by atoms with Gasteiger partial charge in [-0.1, -0.05) is 47.5 Å². The number of halogens is 5. The summed E-state index contributed by atoms with van der Waals surface area (Å²) < 4.78 is 38.0. The maximum Gasteiger partial charge on any atom is 0.416 e. The molecule has 2 nitrogen and oxygen atoms in total. The van der Waals surface area contributed by atoms with Gasteiger partial charge in [0.25, 0.3) is 5.91 Å².